The lowest BCUT2D eigenvalue weighted by Crippen LogP contribution is -2.60. The second-order valence-corrected chi connectivity index (χ2v) is 26.1. The standard InChI is InChI=1S/C61H82F24N16O19/c1-53(2,3)120-52(119)101-34(18-10-26-92-50(117)60(80,81)82)42(108)99-32(16-8-24-90-48(115)58(74,75)76)40(106)97-30(14-6-22-88-46(113)56(68,69)70)38(104)95-28(12-4-20-86-44(111)54(62,63)64)36(102)94-29(13-5-21-87-45(112)55(65,66)67)37(103)96-31(15-7-23-89-47(114)57(71,72)73)39(105)98-33(17-9-25-91-49(116)59(77,78)79)41(107)100-35(43(109)110)19-11-27-93-51(118)61(83,84)85/h28-35H,4-27H2,1-3H3,(H,86,111)(H,87,112)(H,88,113)(H,89,114)(H,90,115)(H,91,116)(H,92,117)(H,93,118)(H,94,102)(H,95,104)(H,96,103)(H,97,106)(H,98,105)(H,99,108)(H,100,107)(H,101,119)(H,109,110)/t28-,29-,30-,31-,32-,33-,34-,35-/m0/s1. The summed E-state index contributed by atoms with van der Waals surface area (Å²) in [6.45, 7) is -4.93. The number of ether oxygens (including phenoxy) is 1. The summed E-state index contributed by atoms with van der Waals surface area (Å²) in [6.07, 6.45) is -61.6. The van der Waals surface area contributed by atoms with E-state index in [0.29, 0.717) is 0 Å². The van der Waals surface area contributed by atoms with Gasteiger partial charge in [-0.05, 0) is 124 Å². The van der Waals surface area contributed by atoms with Crippen LogP contribution in [0.15, 0.2) is 0 Å². The van der Waals surface area contributed by atoms with E-state index in [4.69, 9.17) is 4.74 Å². The lowest BCUT2D eigenvalue weighted by atomic mass is 10.0. The number of halogens is 24. The maximum absolute atomic E-state index is 14.7. The number of carboxylic acid groups (broad SMARTS) is 1. The van der Waals surface area contributed by atoms with Gasteiger partial charge in [-0.25, -0.2) is 9.59 Å². The van der Waals surface area contributed by atoms with E-state index in [1.54, 1.807) is 5.32 Å². The minimum Gasteiger partial charge on any atom is -0.480 e. The van der Waals surface area contributed by atoms with Crippen LogP contribution in [0.5, 0.6) is 0 Å². The van der Waals surface area contributed by atoms with Crippen molar-refractivity contribution in [2.45, 2.75) is 227 Å². The molecule has 0 aliphatic rings. The molecule has 0 unspecified atom stereocenters. The van der Waals surface area contributed by atoms with Crippen molar-refractivity contribution in [3.05, 3.63) is 0 Å². The van der Waals surface area contributed by atoms with Crippen LogP contribution >= 0.6 is 0 Å². The highest BCUT2D eigenvalue weighted by Crippen LogP contribution is 2.22. The van der Waals surface area contributed by atoms with Gasteiger partial charge in [-0.2, -0.15) is 105 Å². The normalized spacial score (nSPS) is 14.3. The van der Waals surface area contributed by atoms with Gasteiger partial charge >= 0.3 is 109 Å². The number of aliphatic carboxylic acids is 1. The summed E-state index contributed by atoms with van der Waals surface area (Å²) in [4.78, 5) is 219. The van der Waals surface area contributed by atoms with Crippen LogP contribution in [0.25, 0.3) is 0 Å². The average molecular weight is 1800 g/mol. The number of amides is 16. The summed E-state index contributed by atoms with van der Waals surface area (Å²) in [5.41, 5.74) is -1.41. The molecule has 0 aromatic carbocycles. The first-order valence-corrected chi connectivity index (χ1v) is 34.9. The number of alkyl carbamates (subject to hydrolysis) is 1. The molecule has 0 fully saturated rings. The Morgan fingerprint density at radius 2 is 0.350 bits per heavy atom. The quantitative estimate of drug-likeness (QED) is 0.0299. The zero-order valence-electron chi connectivity index (χ0n) is 62.5. The average Bonchev–Trinajstić information content (AvgIpc) is 0.845. The Balaban J connectivity index is 8.55. The molecule has 0 aromatic heterocycles. The fraction of sp³-hybridized carbons (Fsp3) is 0.721. The number of hydrogen-bond acceptors (Lipinski definition) is 18. The summed E-state index contributed by atoms with van der Waals surface area (Å²) in [5, 5.41) is 35.7. The van der Waals surface area contributed by atoms with Crippen LogP contribution in [0.3, 0.4) is 0 Å². The van der Waals surface area contributed by atoms with Crippen molar-refractivity contribution in [3.8, 4) is 0 Å². The summed E-state index contributed by atoms with van der Waals surface area (Å²) in [7, 11) is 0. The highest BCUT2D eigenvalue weighted by atomic mass is 19.4. The van der Waals surface area contributed by atoms with Crippen molar-refractivity contribution in [1.82, 2.24) is 85.1 Å². The highest BCUT2D eigenvalue weighted by molar-refractivity contribution is 5.98. The lowest BCUT2D eigenvalue weighted by molar-refractivity contribution is -0.173. The third-order valence-corrected chi connectivity index (χ3v) is 15.1. The summed E-state index contributed by atoms with van der Waals surface area (Å²) in [6, 6.07) is -19.1. The molecule has 0 bridgehead atoms. The summed E-state index contributed by atoms with van der Waals surface area (Å²) >= 11 is 0. The molecule has 0 aliphatic carbocycles. The highest BCUT2D eigenvalue weighted by Gasteiger charge is 2.45. The molecule has 0 spiro atoms. The van der Waals surface area contributed by atoms with Crippen LogP contribution in [0.4, 0.5) is 110 Å². The molecule has 8 atom stereocenters. The molecule has 0 rings (SSSR count). The Morgan fingerprint density at radius 1 is 0.225 bits per heavy atom. The van der Waals surface area contributed by atoms with E-state index in [0.717, 1.165) is 0 Å². The molecule has 0 radical (unpaired) electrons. The van der Waals surface area contributed by atoms with E-state index in [1.807, 2.05) is 37.2 Å². The van der Waals surface area contributed by atoms with Gasteiger partial charge in [0.05, 0.1) is 0 Å². The van der Waals surface area contributed by atoms with Gasteiger partial charge in [0, 0.05) is 52.4 Å². The number of carboxylic acids is 1. The van der Waals surface area contributed by atoms with Gasteiger partial charge in [0.15, 0.2) is 0 Å². The van der Waals surface area contributed by atoms with E-state index in [9.17, 15) is 192 Å². The molecule has 0 aromatic rings. The predicted molar refractivity (Wildman–Crippen MR) is 351 cm³/mol. The molecule has 0 heterocycles. The second-order valence-electron chi connectivity index (χ2n) is 26.1. The van der Waals surface area contributed by atoms with Crippen LogP contribution in [0.1, 0.15) is 124 Å². The fourth-order valence-electron chi connectivity index (χ4n) is 9.36. The van der Waals surface area contributed by atoms with E-state index in [2.05, 4.69) is 0 Å². The van der Waals surface area contributed by atoms with E-state index >= 15 is 0 Å². The zero-order valence-corrected chi connectivity index (χ0v) is 62.5. The number of alkyl halides is 24. The van der Waals surface area contributed by atoms with Gasteiger partial charge in [-0.1, -0.05) is 0 Å². The zero-order chi connectivity index (χ0) is 92.9. The lowest BCUT2D eigenvalue weighted by Gasteiger charge is -2.28. The fourth-order valence-corrected chi connectivity index (χ4v) is 9.36. The van der Waals surface area contributed by atoms with E-state index < -0.39 is 359 Å². The Kier molecular flexibility index (Phi) is 44.5. The largest absolute Gasteiger partial charge is 0.480 e. The molecule has 59 heteroatoms. The van der Waals surface area contributed by atoms with Crippen molar-refractivity contribution in [1.29, 1.82) is 0 Å². The van der Waals surface area contributed by atoms with Crippen molar-refractivity contribution in [3.63, 3.8) is 0 Å². The maximum Gasteiger partial charge on any atom is 0.471 e. The van der Waals surface area contributed by atoms with Gasteiger partial charge < -0.3 is 94.9 Å². The van der Waals surface area contributed by atoms with Crippen LogP contribution in [0, 0.1) is 0 Å². The second kappa shape index (κ2) is 49.0. The van der Waals surface area contributed by atoms with Crippen LogP contribution in [-0.2, 0) is 81.4 Å². The maximum atomic E-state index is 14.7. The van der Waals surface area contributed by atoms with Gasteiger partial charge in [0.25, 0.3) is 0 Å². The minimum absolute atomic E-state index is 0.677. The van der Waals surface area contributed by atoms with Crippen molar-refractivity contribution < 1.29 is 197 Å². The molecule has 0 saturated heterocycles. The molecule has 688 valence electrons. The number of nitrogens with one attached hydrogen (secondary N) is 16. The number of carbonyl (C=O) groups excluding carboxylic acids is 16. The van der Waals surface area contributed by atoms with E-state index in [1.165, 1.54) is 63.3 Å². The molecule has 16 amide bonds. The van der Waals surface area contributed by atoms with Crippen LogP contribution < -0.4 is 85.1 Å². The summed E-state index contributed by atoms with van der Waals surface area (Å²) < 4.78 is 321. The molecule has 0 saturated carbocycles. The molecular weight excluding hydrogens is 1720 g/mol. The van der Waals surface area contributed by atoms with Gasteiger partial charge in [-0.15, -0.1) is 0 Å². The van der Waals surface area contributed by atoms with Crippen LogP contribution in [0.2, 0.25) is 0 Å². The molecule has 120 heavy (non-hydrogen) atoms. The smallest absolute Gasteiger partial charge is 0.471 e. The first kappa shape index (κ1) is 109. The van der Waals surface area contributed by atoms with Crippen molar-refractivity contribution in [2.24, 2.45) is 0 Å². The molecule has 17 N–H and O–H groups in total. The van der Waals surface area contributed by atoms with Gasteiger partial charge in [-0.3, -0.25) is 71.9 Å². The predicted octanol–water partition coefficient (Wildman–Crippen LogP) is 1.03. The topological polar surface area (TPSA) is 512 Å². The first-order chi connectivity index (χ1) is 54.7. The Morgan fingerprint density at radius 3 is 0.475 bits per heavy atom. The number of hydrogen-bond donors (Lipinski definition) is 17. The Bertz CT molecular complexity index is 3500. The van der Waals surface area contributed by atoms with Crippen molar-refractivity contribution >= 4 is 101 Å². The molecule has 0 aliphatic heterocycles. The van der Waals surface area contributed by atoms with Gasteiger partial charge in [0.2, 0.25) is 41.4 Å². The first-order valence-electron chi connectivity index (χ1n) is 34.9. The summed E-state index contributed by atoms with van der Waals surface area (Å²) in [5.74, 6) is -35.5. The third kappa shape index (κ3) is 45.9. The number of carbonyl (C=O) groups is 17. The van der Waals surface area contributed by atoms with E-state index in [-0.39, 0.29) is 0 Å². The van der Waals surface area contributed by atoms with Gasteiger partial charge in [0.1, 0.15) is 53.9 Å². The Hall–Kier alpha value is -10.9. The number of rotatable bonds is 48. The monoisotopic (exact) mass is 1800 g/mol. The molecular formula is C61H82F24N16O19. The minimum atomic E-state index is -5.67. The molecule has 35 nitrogen and oxygen atoms in total. The van der Waals surface area contributed by atoms with Crippen LogP contribution in [-0.4, -0.2) is 261 Å². The van der Waals surface area contributed by atoms with Crippen molar-refractivity contribution in [2.75, 3.05) is 52.4 Å². The third-order valence-electron chi connectivity index (χ3n) is 15.1. The SMILES string of the molecule is CC(C)(C)OC(=O)N[C@@H](CCCNC(=O)C(F)(F)F)C(=O)N[C@@H](CCCNC(=O)C(F)(F)F)C(=O)N[C@@H](CCCNC(=O)C(F)(F)F)C(=O)N[C@@H](CCCNC(=O)C(F)(F)F)C(=O)N[C@@H](CCCNC(=O)C(F)(F)F)C(=O)N[C@@H](CCCNC(=O)C(F)(F)F)C(=O)N[C@@H](CCCNC(=O)C(F)(F)F)C(=O)N[C@@H](CCCNC(=O)C(F)(F)F)C(=O)O. The Labute approximate surface area is 660 Å².